The van der Waals surface area contributed by atoms with E-state index in [4.69, 9.17) is 0 Å². The first kappa shape index (κ1) is 10.3. The number of ketones is 2. The van der Waals surface area contributed by atoms with Gasteiger partial charge in [-0.3, -0.25) is 9.59 Å². The van der Waals surface area contributed by atoms with Gasteiger partial charge in [0.1, 0.15) is 0 Å². The predicted molar refractivity (Wildman–Crippen MR) is 62.7 cm³/mol. The highest BCUT2D eigenvalue weighted by atomic mass is 32.1. The van der Waals surface area contributed by atoms with Gasteiger partial charge >= 0.3 is 0 Å². The van der Waals surface area contributed by atoms with Gasteiger partial charge in [-0.05, 0) is 13.8 Å². The van der Waals surface area contributed by atoms with Crippen LogP contribution in [0.4, 0.5) is 0 Å². The molecule has 0 radical (unpaired) electrons. The maximum atomic E-state index is 12.3. The Labute approximate surface area is 101 Å². The minimum Gasteiger partial charge on any atom is -0.288 e. The second-order valence-electron chi connectivity index (χ2n) is 3.98. The molecule has 1 aliphatic rings. The molecule has 0 N–H and O–H groups in total. The Balaban J connectivity index is 2.42. The second-order valence-corrected chi connectivity index (χ2v) is 4.72. The quantitative estimate of drug-likeness (QED) is 0.606. The van der Waals surface area contributed by atoms with Gasteiger partial charge in [0, 0.05) is 21.9 Å². The summed E-state index contributed by atoms with van der Waals surface area (Å²) in [6.45, 7) is 3.40. The Hall–Kier alpha value is -1.88. The molecular weight excluding hydrogens is 236 g/mol. The molecule has 0 saturated heterocycles. The first-order chi connectivity index (χ1) is 8.11. The lowest BCUT2D eigenvalue weighted by Crippen LogP contribution is -2.23. The number of carbonyl (C=O) groups excluding carboxylic acids is 2. The van der Waals surface area contributed by atoms with Crippen molar-refractivity contribution < 1.29 is 9.59 Å². The van der Waals surface area contributed by atoms with E-state index in [1.807, 2.05) is 0 Å². The summed E-state index contributed by atoms with van der Waals surface area (Å²) >= 11 is 1.36. The number of hydrogen-bond acceptors (Lipinski definition) is 5. The largest absolute Gasteiger partial charge is 0.288 e. The first-order valence-corrected chi connectivity index (χ1v) is 6.05. The Morgan fingerprint density at radius 2 is 1.29 bits per heavy atom. The van der Waals surface area contributed by atoms with Gasteiger partial charge in [-0.2, -0.15) is 21.5 Å². The van der Waals surface area contributed by atoms with Crippen molar-refractivity contribution in [2.24, 2.45) is 0 Å². The molecule has 0 bridgehead atoms. The van der Waals surface area contributed by atoms with Crippen LogP contribution in [0.5, 0.6) is 0 Å². The molecule has 17 heavy (non-hydrogen) atoms. The topological polar surface area (TPSA) is 59.9 Å². The van der Waals surface area contributed by atoms with Crippen LogP contribution in [-0.4, -0.2) is 21.8 Å². The first-order valence-electron chi connectivity index (χ1n) is 5.10. The summed E-state index contributed by atoms with van der Waals surface area (Å²) in [7, 11) is 0. The van der Waals surface area contributed by atoms with Crippen LogP contribution < -0.4 is 0 Å². The Morgan fingerprint density at radius 3 is 1.71 bits per heavy atom. The summed E-state index contributed by atoms with van der Waals surface area (Å²) in [6.07, 6.45) is 0. The summed E-state index contributed by atoms with van der Waals surface area (Å²) in [5.41, 5.74) is 2.83. The maximum absolute atomic E-state index is 12.3. The average Bonchev–Trinajstić information content (AvgIpc) is 2.78. The molecule has 3 rings (SSSR count). The summed E-state index contributed by atoms with van der Waals surface area (Å²) in [5.74, 6) is -0.238. The lowest BCUT2D eigenvalue weighted by atomic mass is 9.85. The number of carbonyl (C=O) groups is 2. The van der Waals surface area contributed by atoms with E-state index in [1.54, 1.807) is 24.6 Å². The summed E-state index contributed by atoms with van der Waals surface area (Å²) in [5, 5.41) is 11.3. The SMILES string of the molecule is Cc1nnc(C)c2c1C(=O)c1cscc1C2=O. The van der Waals surface area contributed by atoms with E-state index in [0.29, 0.717) is 33.6 Å². The van der Waals surface area contributed by atoms with Gasteiger partial charge in [0.15, 0.2) is 11.6 Å². The van der Waals surface area contributed by atoms with Gasteiger partial charge in [-0.15, -0.1) is 0 Å². The standard InChI is InChI=1S/C12H8N2O2S/c1-5-9-10(6(2)14-13-5)12(16)8-4-17-3-7(8)11(9)15/h3-4H,1-2H3. The van der Waals surface area contributed by atoms with Gasteiger partial charge in [0.25, 0.3) is 0 Å². The van der Waals surface area contributed by atoms with Crippen molar-refractivity contribution in [2.45, 2.75) is 13.8 Å². The fraction of sp³-hybridized carbons (Fsp3) is 0.167. The number of hydrogen-bond donors (Lipinski definition) is 0. The van der Waals surface area contributed by atoms with Crippen molar-refractivity contribution in [1.82, 2.24) is 10.2 Å². The molecule has 0 atom stereocenters. The lowest BCUT2D eigenvalue weighted by molar-refractivity contribution is 0.0977. The molecule has 1 aliphatic carbocycles. The minimum absolute atomic E-state index is 0.119. The highest BCUT2D eigenvalue weighted by Crippen LogP contribution is 2.31. The monoisotopic (exact) mass is 244 g/mol. The van der Waals surface area contributed by atoms with Gasteiger partial charge in [-0.1, -0.05) is 0 Å². The molecule has 5 heteroatoms. The highest BCUT2D eigenvalue weighted by molar-refractivity contribution is 7.08. The van der Waals surface area contributed by atoms with Crippen LogP contribution in [0.2, 0.25) is 0 Å². The zero-order chi connectivity index (χ0) is 12.2. The van der Waals surface area contributed by atoms with Gasteiger partial charge in [0.05, 0.1) is 22.5 Å². The van der Waals surface area contributed by atoms with E-state index < -0.39 is 0 Å². The zero-order valence-electron chi connectivity index (χ0n) is 9.27. The van der Waals surface area contributed by atoms with Crippen LogP contribution >= 0.6 is 11.3 Å². The van der Waals surface area contributed by atoms with Crippen molar-refractivity contribution >= 4 is 22.9 Å². The Kier molecular flexibility index (Phi) is 2.00. The van der Waals surface area contributed by atoms with Crippen molar-refractivity contribution in [3.8, 4) is 0 Å². The number of nitrogens with zero attached hydrogens (tertiary/aromatic N) is 2. The van der Waals surface area contributed by atoms with Crippen molar-refractivity contribution in [3.05, 3.63) is 44.4 Å². The molecule has 2 heterocycles. The van der Waals surface area contributed by atoms with Crippen molar-refractivity contribution in [3.63, 3.8) is 0 Å². The van der Waals surface area contributed by atoms with E-state index in [1.165, 1.54) is 11.3 Å². The van der Waals surface area contributed by atoms with Crippen LogP contribution in [0.15, 0.2) is 10.8 Å². The van der Waals surface area contributed by atoms with E-state index in [-0.39, 0.29) is 11.6 Å². The molecule has 0 saturated carbocycles. The normalized spacial score (nSPS) is 13.5. The number of thiophene rings is 1. The molecule has 0 fully saturated rings. The Bertz CT molecular complexity index is 618. The molecule has 0 amide bonds. The van der Waals surface area contributed by atoms with E-state index in [0.717, 1.165) is 0 Å². The molecule has 0 aliphatic heterocycles. The summed E-state index contributed by atoms with van der Waals surface area (Å²) in [6, 6.07) is 0. The highest BCUT2D eigenvalue weighted by Gasteiger charge is 2.33. The van der Waals surface area contributed by atoms with Crippen LogP contribution in [0.3, 0.4) is 0 Å². The fourth-order valence-corrected chi connectivity index (χ4v) is 2.89. The molecule has 0 spiro atoms. The van der Waals surface area contributed by atoms with Gasteiger partial charge in [-0.25, -0.2) is 0 Å². The van der Waals surface area contributed by atoms with Gasteiger partial charge in [0.2, 0.25) is 0 Å². The predicted octanol–water partition coefficient (Wildman–Crippen LogP) is 1.93. The average molecular weight is 244 g/mol. The zero-order valence-corrected chi connectivity index (χ0v) is 10.1. The maximum Gasteiger partial charge on any atom is 0.197 e. The molecule has 4 nitrogen and oxygen atoms in total. The molecule has 0 unspecified atom stereocenters. The molecule has 2 aromatic rings. The lowest BCUT2D eigenvalue weighted by Gasteiger charge is -2.16. The second kappa shape index (κ2) is 3.30. The van der Waals surface area contributed by atoms with Gasteiger partial charge < -0.3 is 0 Å². The van der Waals surface area contributed by atoms with Crippen LogP contribution in [0.25, 0.3) is 0 Å². The third-order valence-electron chi connectivity index (χ3n) is 2.93. The van der Waals surface area contributed by atoms with E-state index in [9.17, 15) is 9.59 Å². The molecule has 2 aromatic heterocycles. The van der Waals surface area contributed by atoms with Crippen LogP contribution in [0.1, 0.15) is 43.2 Å². The molecule has 0 aromatic carbocycles. The third kappa shape index (κ3) is 1.23. The summed E-state index contributed by atoms with van der Waals surface area (Å²) in [4.78, 5) is 24.5. The van der Waals surface area contributed by atoms with Crippen LogP contribution in [0, 0.1) is 13.8 Å². The molecule has 84 valence electrons. The molecular formula is C12H8N2O2S. The summed E-state index contributed by atoms with van der Waals surface area (Å²) < 4.78 is 0. The fourth-order valence-electron chi connectivity index (χ4n) is 2.09. The number of rotatable bonds is 0. The van der Waals surface area contributed by atoms with Crippen LogP contribution in [-0.2, 0) is 0 Å². The van der Waals surface area contributed by atoms with Crippen molar-refractivity contribution in [1.29, 1.82) is 0 Å². The van der Waals surface area contributed by atoms with Crippen molar-refractivity contribution in [2.75, 3.05) is 0 Å². The van der Waals surface area contributed by atoms with E-state index >= 15 is 0 Å². The smallest absolute Gasteiger partial charge is 0.197 e. The minimum atomic E-state index is -0.119. The third-order valence-corrected chi connectivity index (χ3v) is 3.67. The number of fused-ring (bicyclic) bond motifs is 2. The van der Waals surface area contributed by atoms with E-state index in [2.05, 4.69) is 10.2 Å². The number of aromatic nitrogens is 2. The Morgan fingerprint density at radius 1 is 0.882 bits per heavy atom. The number of aryl methyl sites for hydroxylation is 2.